The molecule has 1 aromatic heterocycles. The van der Waals surface area contributed by atoms with E-state index in [9.17, 15) is 10.1 Å². The van der Waals surface area contributed by atoms with Gasteiger partial charge in [0, 0.05) is 0 Å². The second-order valence-electron chi connectivity index (χ2n) is 4.98. The van der Waals surface area contributed by atoms with Crippen LogP contribution in [0.15, 0.2) is 0 Å². The standard InChI is InChI=1S/C11H15N5O3/c1-5-9(16(17)18)10(15-11(12)13-5)14-7-4-6-2-3-8(7)19-6/h6-8H,2-4H2,1H3,(H3,12,13,14,15). The minimum Gasteiger partial charge on any atom is -0.373 e. The zero-order valence-corrected chi connectivity index (χ0v) is 10.5. The largest absolute Gasteiger partial charge is 0.373 e. The Labute approximate surface area is 109 Å². The number of nitrogens with zero attached hydrogens (tertiary/aromatic N) is 3. The molecule has 3 rings (SSSR count). The van der Waals surface area contributed by atoms with Crippen LogP contribution >= 0.6 is 0 Å². The lowest BCUT2D eigenvalue weighted by atomic mass is 9.95. The van der Waals surface area contributed by atoms with Crippen molar-refractivity contribution in [3.8, 4) is 0 Å². The first kappa shape index (κ1) is 12.1. The summed E-state index contributed by atoms with van der Waals surface area (Å²) >= 11 is 0. The molecular weight excluding hydrogens is 250 g/mol. The number of nitrogens with one attached hydrogen (secondary N) is 1. The van der Waals surface area contributed by atoms with Crippen molar-refractivity contribution < 1.29 is 9.66 Å². The maximum absolute atomic E-state index is 11.1. The Morgan fingerprint density at radius 1 is 1.47 bits per heavy atom. The number of nitrogen functional groups attached to an aromatic ring is 1. The molecule has 19 heavy (non-hydrogen) atoms. The quantitative estimate of drug-likeness (QED) is 0.618. The van der Waals surface area contributed by atoms with Crippen LogP contribution in [-0.2, 0) is 4.74 Å². The number of nitrogens with two attached hydrogens (primary N) is 1. The molecule has 2 bridgehead atoms. The molecule has 2 aliphatic heterocycles. The van der Waals surface area contributed by atoms with Crippen molar-refractivity contribution >= 4 is 17.5 Å². The molecule has 3 atom stereocenters. The number of hydrogen-bond acceptors (Lipinski definition) is 7. The van der Waals surface area contributed by atoms with E-state index in [2.05, 4.69) is 15.3 Å². The third kappa shape index (κ3) is 2.07. The highest BCUT2D eigenvalue weighted by Crippen LogP contribution is 2.37. The maximum Gasteiger partial charge on any atom is 0.332 e. The molecule has 0 aromatic carbocycles. The molecule has 2 saturated heterocycles. The number of hydrogen-bond donors (Lipinski definition) is 2. The molecule has 3 N–H and O–H groups in total. The third-order valence-corrected chi connectivity index (χ3v) is 3.69. The molecule has 1 aromatic rings. The van der Waals surface area contributed by atoms with Crippen molar-refractivity contribution in [1.29, 1.82) is 0 Å². The molecule has 0 radical (unpaired) electrons. The van der Waals surface area contributed by atoms with E-state index in [4.69, 9.17) is 10.5 Å². The Kier molecular flexibility index (Phi) is 2.74. The molecule has 8 nitrogen and oxygen atoms in total. The summed E-state index contributed by atoms with van der Waals surface area (Å²) in [5, 5.41) is 14.2. The van der Waals surface area contributed by atoms with Gasteiger partial charge in [-0.3, -0.25) is 10.1 Å². The van der Waals surface area contributed by atoms with Crippen LogP contribution in [0.2, 0.25) is 0 Å². The van der Waals surface area contributed by atoms with E-state index in [0.717, 1.165) is 19.3 Å². The molecule has 0 aliphatic carbocycles. The summed E-state index contributed by atoms with van der Waals surface area (Å²) in [6, 6.07) is 0.0612. The summed E-state index contributed by atoms with van der Waals surface area (Å²) in [6.45, 7) is 1.55. The van der Waals surface area contributed by atoms with Gasteiger partial charge < -0.3 is 15.8 Å². The first-order chi connectivity index (χ1) is 9.04. The van der Waals surface area contributed by atoms with Crippen LogP contribution < -0.4 is 11.1 Å². The summed E-state index contributed by atoms with van der Waals surface area (Å²) in [5.41, 5.74) is 5.72. The third-order valence-electron chi connectivity index (χ3n) is 3.69. The molecule has 0 saturated carbocycles. The van der Waals surface area contributed by atoms with Crippen molar-refractivity contribution in [3.63, 3.8) is 0 Å². The number of anilines is 2. The molecule has 0 amide bonds. The van der Waals surface area contributed by atoms with Gasteiger partial charge >= 0.3 is 5.69 Å². The Hall–Kier alpha value is -1.96. The first-order valence-electron chi connectivity index (χ1n) is 6.25. The summed E-state index contributed by atoms with van der Waals surface area (Å²) in [5.74, 6) is 0.228. The van der Waals surface area contributed by atoms with Crippen LogP contribution in [-0.4, -0.2) is 33.1 Å². The minimum atomic E-state index is -0.481. The van der Waals surface area contributed by atoms with E-state index >= 15 is 0 Å². The SMILES string of the molecule is Cc1nc(N)nc(NC2CC3CCC2O3)c1[N+](=O)[O-]. The lowest BCUT2D eigenvalue weighted by Gasteiger charge is -2.20. The zero-order valence-electron chi connectivity index (χ0n) is 10.5. The first-order valence-corrected chi connectivity index (χ1v) is 6.25. The predicted molar refractivity (Wildman–Crippen MR) is 67.8 cm³/mol. The number of aryl methyl sites for hydroxylation is 1. The predicted octanol–water partition coefficient (Wildman–Crippen LogP) is 1.01. The molecule has 102 valence electrons. The van der Waals surface area contributed by atoms with E-state index in [1.165, 1.54) is 0 Å². The lowest BCUT2D eigenvalue weighted by Crippen LogP contribution is -2.31. The zero-order chi connectivity index (χ0) is 13.6. The van der Waals surface area contributed by atoms with Gasteiger partial charge in [0.15, 0.2) is 0 Å². The fraction of sp³-hybridized carbons (Fsp3) is 0.636. The van der Waals surface area contributed by atoms with Gasteiger partial charge in [-0.05, 0) is 26.2 Å². The van der Waals surface area contributed by atoms with Gasteiger partial charge in [0.2, 0.25) is 11.8 Å². The van der Waals surface area contributed by atoms with E-state index in [1.54, 1.807) is 6.92 Å². The second-order valence-corrected chi connectivity index (χ2v) is 4.98. The molecule has 2 aliphatic rings. The van der Waals surface area contributed by atoms with Gasteiger partial charge in [-0.2, -0.15) is 4.98 Å². The monoisotopic (exact) mass is 265 g/mol. The minimum absolute atomic E-state index is 0.0367. The topological polar surface area (TPSA) is 116 Å². The number of nitro groups is 1. The second kappa shape index (κ2) is 4.30. The summed E-state index contributed by atoms with van der Waals surface area (Å²) in [7, 11) is 0. The highest BCUT2D eigenvalue weighted by Gasteiger charge is 2.41. The average Bonchev–Trinajstić information content (AvgIpc) is 2.88. The Morgan fingerprint density at radius 2 is 2.26 bits per heavy atom. The van der Waals surface area contributed by atoms with E-state index < -0.39 is 4.92 Å². The van der Waals surface area contributed by atoms with Crippen LogP contribution in [0.5, 0.6) is 0 Å². The maximum atomic E-state index is 11.1. The lowest BCUT2D eigenvalue weighted by molar-refractivity contribution is -0.385. The van der Waals surface area contributed by atoms with E-state index in [0.29, 0.717) is 0 Å². The van der Waals surface area contributed by atoms with Gasteiger partial charge in [-0.15, -0.1) is 0 Å². The molecule has 3 heterocycles. The van der Waals surface area contributed by atoms with Crippen LogP contribution in [0.3, 0.4) is 0 Å². The number of aromatic nitrogens is 2. The summed E-state index contributed by atoms with van der Waals surface area (Å²) in [4.78, 5) is 18.4. The van der Waals surface area contributed by atoms with Crippen LogP contribution in [0.1, 0.15) is 25.0 Å². The van der Waals surface area contributed by atoms with Crippen molar-refractivity contribution in [1.82, 2.24) is 9.97 Å². The fourth-order valence-electron chi connectivity index (χ4n) is 2.87. The summed E-state index contributed by atoms with van der Waals surface area (Å²) in [6.07, 6.45) is 3.28. The molecule has 8 heteroatoms. The van der Waals surface area contributed by atoms with Crippen molar-refractivity contribution in [2.24, 2.45) is 0 Å². The number of rotatable bonds is 3. The average molecular weight is 265 g/mol. The van der Waals surface area contributed by atoms with Crippen molar-refractivity contribution in [3.05, 3.63) is 15.8 Å². The highest BCUT2D eigenvalue weighted by molar-refractivity contribution is 5.60. The van der Waals surface area contributed by atoms with Gasteiger partial charge in [-0.1, -0.05) is 0 Å². The van der Waals surface area contributed by atoms with Crippen molar-refractivity contribution in [2.45, 2.75) is 44.4 Å². The van der Waals surface area contributed by atoms with Crippen LogP contribution in [0, 0.1) is 17.0 Å². The van der Waals surface area contributed by atoms with Crippen molar-refractivity contribution in [2.75, 3.05) is 11.1 Å². The van der Waals surface area contributed by atoms with Crippen LogP contribution in [0.25, 0.3) is 0 Å². The van der Waals surface area contributed by atoms with E-state index in [-0.39, 0.29) is 41.4 Å². The molecule has 0 spiro atoms. The smallest absolute Gasteiger partial charge is 0.332 e. The Bertz CT molecular complexity index is 535. The Morgan fingerprint density at radius 3 is 2.84 bits per heavy atom. The van der Waals surface area contributed by atoms with Crippen LogP contribution in [0.4, 0.5) is 17.5 Å². The normalized spacial score (nSPS) is 28.6. The van der Waals surface area contributed by atoms with Gasteiger partial charge in [0.05, 0.1) is 23.2 Å². The molecular formula is C11H15N5O3. The Balaban J connectivity index is 1.89. The van der Waals surface area contributed by atoms with Gasteiger partial charge in [0.25, 0.3) is 0 Å². The number of ether oxygens (including phenoxy) is 1. The van der Waals surface area contributed by atoms with Gasteiger partial charge in [-0.25, -0.2) is 4.98 Å². The van der Waals surface area contributed by atoms with E-state index in [1.807, 2.05) is 0 Å². The van der Waals surface area contributed by atoms with Gasteiger partial charge in [0.1, 0.15) is 5.69 Å². The fourth-order valence-corrected chi connectivity index (χ4v) is 2.87. The molecule has 3 unspecified atom stereocenters. The summed E-state index contributed by atoms with van der Waals surface area (Å²) < 4.78 is 5.71. The number of fused-ring (bicyclic) bond motifs is 2. The molecule has 2 fully saturated rings. The highest BCUT2D eigenvalue weighted by atomic mass is 16.6.